The highest BCUT2D eigenvalue weighted by atomic mass is 32.2. The zero-order valence-electron chi connectivity index (χ0n) is 16.5. The molecule has 0 aliphatic rings. The largest absolute Gasteiger partial charge is 0.416 e. The van der Waals surface area contributed by atoms with Gasteiger partial charge < -0.3 is 5.32 Å². The Hall–Kier alpha value is -3.45. The molecule has 0 saturated carbocycles. The van der Waals surface area contributed by atoms with Gasteiger partial charge in [0.2, 0.25) is 0 Å². The minimum atomic E-state index is -4.41. The van der Waals surface area contributed by atoms with Crippen LogP contribution < -0.4 is 10.0 Å². The quantitative estimate of drug-likeness (QED) is 0.347. The number of benzene rings is 2. The molecular formula is C20H15F4N5O2S2. The molecule has 2 aromatic carbocycles. The van der Waals surface area contributed by atoms with Gasteiger partial charge in [-0.3, -0.25) is 9.40 Å². The molecule has 2 heterocycles. The van der Waals surface area contributed by atoms with Gasteiger partial charge >= 0.3 is 6.18 Å². The molecule has 0 radical (unpaired) electrons. The smallest absolute Gasteiger partial charge is 0.336 e. The number of hydrogen-bond acceptors (Lipinski definition) is 6. The van der Waals surface area contributed by atoms with Crippen molar-refractivity contribution < 1.29 is 26.0 Å². The lowest BCUT2D eigenvalue weighted by Gasteiger charge is -2.09. The molecule has 172 valence electrons. The van der Waals surface area contributed by atoms with Crippen molar-refractivity contribution in [2.45, 2.75) is 17.6 Å². The van der Waals surface area contributed by atoms with Crippen LogP contribution in [0.2, 0.25) is 0 Å². The first kappa shape index (κ1) is 22.7. The summed E-state index contributed by atoms with van der Waals surface area (Å²) in [6.45, 7) is 0.210. The number of rotatable bonds is 7. The Kier molecular flexibility index (Phi) is 6.08. The summed E-state index contributed by atoms with van der Waals surface area (Å²) in [5.74, 6) is -0.536. The van der Waals surface area contributed by atoms with E-state index in [0.717, 1.165) is 29.5 Å². The fraction of sp³-hybridized carbons (Fsp3) is 0.100. The first-order chi connectivity index (χ1) is 15.6. The summed E-state index contributed by atoms with van der Waals surface area (Å²) in [6, 6.07) is 9.63. The molecule has 0 spiro atoms. The second-order valence-corrected chi connectivity index (χ2v) is 9.38. The van der Waals surface area contributed by atoms with E-state index in [1.165, 1.54) is 35.1 Å². The van der Waals surface area contributed by atoms with Crippen molar-refractivity contribution in [3.8, 4) is 0 Å². The highest BCUT2D eigenvalue weighted by Crippen LogP contribution is 2.29. The molecule has 0 aliphatic carbocycles. The minimum Gasteiger partial charge on any atom is -0.336 e. The molecule has 0 atom stereocenters. The Bertz CT molecular complexity index is 1350. The van der Waals surface area contributed by atoms with E-state index >= 15 is 0 Å². The standard InChI is InChI=1S/C20H15F4N5O2S2/c21-16-11-15(33(30,31)28-19-25-8-10-32-19)5-6-17(16)26-18-7-9-29(27-18)12-13-1-3-14(4-2-13)20(22,23)24/h1-11H,12H2,(H,25,28)(H,26,27). The van der Waals surface area contributed by atoms with E-state index in [1.807, 2.05) is 0 Å². The van der Waals surface area contributed by atoms with Gasteiger partial charge in [0.05, 0.1) is 22.7 Å². The Morgan fingerprint density at radius 1 is 1.06 bits per heavy atom. The summed E-state index contributed by atoms with van der Waals surface area (Å²) in [4.78, 5) is 3.56. The van der Waals surface area contributed by atoms with Crippen LogP contribution in [-0.4, -0.2) is 23.2 Å². The summed E-state index contributed by atoms with van der Waals surface area (Å²) >= 11 is 1.09. The summed E-state index contributed by atoms with van der Waals surface area (Å²) in [7, 11) is -4.00. The fourth-order valence-corrected chi connectivity index (χ4v) is 4.65. The van der Waals surface area contributed by atoms with Crippen molar-refractivity contribution in [3.63, 3.8) is 0 Å². The van der Waals surface area contributed by atoms with Crippen LogP contribution >= 0.6 is 11.3 Å². The van der Waals surface area contributed by atoms with Crippen molar-refractivity contribution in [3.05, 3.63) is 83.2 Å². The lowest BCUT2D eigenvalue weighted by molar-refractivity contribution is -0.137. The number of anilines is 3. The molecule has 0 amide bonds. The predicted octanol–water partition coefficient (Wildman–Crippen LogP) is 5.09. The second kappa shape index (κ2) is 8.83. The molecule has 33 heavy (non-hydrogen) atoms. The van der Waals surface area contributed by atoms with Crippen molar-refractivity contribution in [1.82, 2.24) is 14.8 Å². The zero-order valence-corrected chi connectivity index (χ0v) is 18.2. The number of alkyl halides is 3. The summed E-state index contributed by atoms with van der Waals surface area (Å²) < 4.78 is 81.0. The van der Waals surface area contributed by atoms with E-state index in [2.05, 4.69) is 20.1 Å². The van der Waals surface area contributed by atoms with Crippen molar-refractivity contribution in [2.75, 3.05) is 10.0 Å². The van der Waals surface area contributed by atoms with E-state index in [0.29, 0.717) is 5.56 Å². The van der Waals surface area contributed by atoms with Crippen LogP contribution in [-0.2, 0) is 22.7 Å². The number of aromatic nitrogens is 3. The summed E-state index contributed by atoms with van der Waals surface area (Å²) in [5, 5.41) is 8.73. The monoisotopic (exact) mass is 497 g/mol. The van der Waals surface area contributed by atoms with E-state index < -0.39 is 27.6 Å². The van der Waals surface area contributed by atoms with Crippen molar-refractivity contribution in [1.29, 1.82) is 0 Å². The molecule has 7 nitrogen and oxygen atoms in total. The highest BCUT2D eigenvalue weighted by molar-refractivity contribution is 7.93. The normalized spacial score (nSPS) is 12.0. The molecule has 2 aromatic heterocycles. The SMILES string of the molecule is O=S(=O)(Nc1nccs1)c1ccc(Nc2ccn(Cc3ccc(C(F)(F)F)cc3)n2)c(F)c1. The average molecular weight is 497 g/mol. The van der Waals surface area contributed by atoms with Gasteiger partial charge in [-0.25, -0.2) is 17.8 Å². The van der Waals surface area contributed by atoms with Crippen molar-refractivity contribution in [2.24, 2.45) is 0 Å². The maximum atomic E-state index is 14.5. The number of hydrogen-bond donors (Lipinski definition) is 2. The van der Waals surface area contributed by atoms with Gasteiger partial charge in [0.25, 0.3) is 10.0 Å². The maximum absolute atomic E-state index is 14.5. The molecule has 2 N–H and O–H groups in total. The molecule has 0 bridgehead atoms. The fourth-order valence-electron chi connectivity index (χ4n) is 2.85. The Morgan fingerprint density at radius 3 is 2.45 bits per heavy atom. The predicted molar refractivity (Wildman–Crippen MR) is 115 cm³/mol. The number of halogens is 4. The number of nitrogens with zero attached hydrogens (tertiary/aromatic N) is 3. The molecule has 0 saturated heterocycles. The topological polar surface area (TPSA) is 88.9 Å². The first-order valence-corrected chi connectivity index (χ1v) is 11.6. The number of nitrogens with one attached hydrogen (secondary N) is 2. The van der Waals surface area contributed by atoms with E-state index in [9.17, 15) is 26.0 Å². The average Bonchev–Trinajstić information content (AvgIpc) is 3.41. The Balaban J connectivity index is 1.43. The second-order valence-electron chi connectivity index (χ2n) is 6.80. The molecule has 4 rings (SSSR count). The molecular weight excluding hydrogens is 482 g/mol. The Labute approximate surface area is 189 Å². The molecule has 4 aromatic rings. The van der Waals surface area contributed by atoms with Gasteiger partial charge in [-0.05, 0) is 35.9 Å². The molecule has 0 unspecified atom stereocenters. The molecule has 13 heteroatoms. The summed E-state index contributed by atoms with van der Waals surface area (Å²) in [5.41, 5.74) is -0.133. The minimum absolute atomic E-state index is 0.00276. The van der Waals surface area contributed by atoms with Crippen LogP contribution in [0.15, 0.2) is 71.2 Å². The van der Waals surface area contributed by atoms with Crippen LogP contribution in [0.5, 0.6) is 0 Å². The van der Waals surface area contributed by atoms with Gasteiger partial charge in [0.15, 0.2) is 10.9 Å². The van der Waals surface area contributed by atoms with Gasteiger partial charge in [-0.15, -0.1) is 11.3 Å². The third-order valence-corrected chi connectivity index (χ3v) is 6.59. The van der Waals surface area contributed by atoms with Crippen LogP contribution in [0.25, 0.3) is 0 Å². The van der Waals surface area contributed by atoms with E-state index in [-0.39, 0.29) is 28.1 Å². The lowest BCUT2D eigenvalue weighted by atomic mass is 10.1. The highest BCUT2D eigenvalue weighted by Gasteiger charge is 2.29. The zero-order chi connectivity index (χ0) is 23.6. The first-order valence-electron chi connectivity index (χ1n) is 9.29. The Morgan fingerprint density at radius 2 is 1.82 bits per heavy atom. The molecule has 0 aliphatic heterocycles. The van der Waals surface area contributed by atoms with Crippen LogP contribution in [0.3, 0.4) is 0 Å². The number of thiazole rings is 1. The maximum Gasteiger partial charge on any atom is 0.416 e. The summed E-state index contributed by atoms with van der Waals surface area (Å²) in [6.07, 6.45) is -1.39. The van der Waals surface area contributed by atoms with Crippen molar-refractivity contribution >= 4 is 38.0 Å². The number of sulfonamides is 1. The van der Waals surface area contributed by atoms with E-state index in [1.54, 1.807) is 17.6 Å². The third kappa shape index (κ3) is 5.49. The van der Waals surface area contributed by atoms with E-state index in [4.69, 9.17) is 0 Å². The molecule has 0 fully saturated rings. The van der Waals surface area contributed by atoms with Crippen LogP contribution in [0, 0.1) is 5.82 Å². The van der Waals surface area contributed by atoms with Crippen LogP contribution in [0.1, 0.15) is 11.1 Å². The van der Waals surface area contributed by atoms with Crippen LogP contribution in [0.4, 0.5) is 34.2 Å². The van der Waals surface area contributed by atoms with Gasteiger partial charge in [-0.1, -0.05) is 12.1 Å². The van der Waals surface area contributed by atoms with Gasteiger partial charge in [0.1, 0.15) is 5.82 Å². The van der Waals surface area contributed by atoms with Gasteiger partial charge in [-0.2, -0.15) is 18.3 Å². The third-order valence-electron chi connectivity index (χ3n) is 4.43. The van der Waals surface area contributed by atoms with Gasteiger partial charge in [0, 0.05) is 23.8 Å². The lowest BCUT2D eigenvalue weighted by Crippen LogP contribution is -2.13.